The van der Waals surface area contributed by atoms with E-state index < -0.39 is 17.7 Å². The van der Waals surface area contributed by atoms with Crippen molar-refractivity contribution in [1.29, 1.82) is 0 Å². The summed E-state index contributed by atoms with van der Waals surface area (Å²) in [5.74, 6) is -1.34. The largest absolute Gasteiger partial charge is 0.323 e. The molecule has 0 radical (unpaired) electrons. The van der Waals surface area contributed by atoms with Gasteiger partial charge >= 0.3 is 0 Å². The van der Waals surface area contributed by atoms with Crippen LogP contribution in [0.1, 0.15) is 20.7 Å². The van der Waals surface area contributed by atoms with E-state index in [-0.39, 0.29) is 6.54 Å². The van der Waals surface area contributed by atoms with Crippen molar-refractivity contribution in [3.05, 3.63) is 66.1 Å². The lowest BCUT2D eigenvalue weighted by atomic mass is 10.1. The van der Waals surface area contributed by atoms with Crippen LogP contribution in [0.4, 0.5) is 5.69 Å². The van der Waals surface area contributed by atoms with E-state index in [4.69, 9.17) is 0 Å². The van der Waals surface area contributed by atoms with Gasteiger partial charge in [0.25, 0.3) is 11.8 Å². The molecule has 0 unspecified atom stereocenters. The Labute approximate surface area is 136 Å². The van der Waals surface area contributed by atoms with Gasteiger partial charge in [-0.3, -0.25) is 19.3 Å². The number of nitrogens with zero attached hydrogens (tertiary/aromatic N) is 3. The van der Waals surface area contributed by atoms with Gasteiger partial charge in [0.1, 0.15) is 12.2 Å². The topological polar surface area (TPSA) is 83.8 Å². The fourth-order valence-corrected chi connectivity index (χ4v) is 2.72. The molecule has 0 saturated carbocycles. The number of anilines is 1. The van der Waals surface area contributed by atoms with E-state index in [9.17, 15) is 14.4 Å². The maximum absolute atomic E-state index is 12.2. The summed E-state index contributed by atoms with van der Waals surface area (Å²) in [7, 11) is 0. The minimum absolute atomic E-state index is 0.325. The van der Waals surface area contributed by atoms with Gasteiger partial charge in [0.05, 0.1) is 16.8 Å². The smallest absolute Gasteiger partial charge is 0.262 e. The Balaban J connectivity index is 1.50. The van der Waals surface area contributed by atoms with Gasteiger partial charge in [-0.25, -0.2) is 4.98 Å². The van der Waals surface area contributed by atoms with Gasteiger partial charge in [-0.2, -0.15) is 0 Å². The zero-order chi connectivity index (χ0) is 16.7. The predicted octanol–water partition coefficient (Wildman–Crippen LogP) is 1.57. The number of hydrogen-bond acceptors (Lipinski definition) is 4. The quantitative estimate of drug-likeness (QED) is 0.743. The second-order valence-electron chi connectivity index (χ2n) is 5.40. The third-order valence-corrected chi connectivity index (χ3v) is 3.85. The number of benzene rings is 1. The molecule has 7 heteroatoms. The summed E-state index contributed by atoms with van der Waals surface area (Å²) >= 11 is 0. The molecule has 1 aliphatic rings. The summed E-state index contributed by atoms with van der Waals surface area (Å²) in [6.45, 7) is -0.325. The second kappa shape index (κ2) is 5.31. The van der Waals surface area contributed by atoms with Crippen LogP contribution in [0.25, 0.3) is 5.65 Å². The Bertz CT molecular complexity index is 957. The third kappa shape index (κ3) is 2.23. The van der Waals surface area contributed by atoms with Gasteiger partial charge in [-0.05, 0) is 24.3 Å². The Morgan fingerprint density at radius 1 is 1.04 bits per heavy atom. The fraction of sp³-hybridized carbons (Fsp3) is 0.0588. The summed E-state index contributed by atoms with van der Waals surface area (Å²) in [4.78, 5) is 41.8. The Hall–Kier alpha value is -3.48. The highest BCUT2D eigenvalue weighted by Gasteiger charge is 2.36. The minimum atomic E-state index is -0.448. The number of aromatic nitrogens is 2. The molecule has 1 aromatic carbocycles. The normalized spacial score (nSPS) is 13.4. The van der Waals surface area contributed by atoms with Crippen LogP contribution in [0, 0.1) is 0 Å². The second-order valence-corrected chi connectivity index (χ2v) is 5.40. The molecule has 3 heterocycles. The van der Waals surface area contributed by atoms with Crippen LogP contribution in [-0.2, 0) is 4.79 Å². The molecule has 3 amide bonds. The van der Waals surface area contributed by atoms with Crippen LogP contribution in [0.3, 0.4) is 0 Å². The lowest BCUT2D eigenvalue weighted by Gasteiger charge is -2.13. The average Bonchev–Trinajstić information content (AvgIpc) is 3.14. The van der Waals surface area contributed by atoms with E-state index in [1.807, 2.05) is 0 Å². The molecule has 0 atom stereocenters. The first-order valence-corrected chi connectivity index (χ1v) is 7.31. The van der Waals surface area contributed by atoms with Crippen LogP contribution in [0.2, 0.25) is 0 Å². The lowest BCUT2D eigenvalue weighted by Crippen LogP contribution is -2.37. The van der Waals surface area contributed by atoms with Crippen molar-refractivity contribution in [2.24, 2.45) is 0 Å². The molecule has 2 aromatic heterocycles. The van der Waals surface area contributed by atoms with Crippen molar-refractivity contribution >= 4 is 29.1 Å². The van der Waals surface area contributed by atoms with E-state index in [0.717, 1.165) is 10.5 Å². The maximum Gasteiger partial charge on any atom is 0.262 e. The SMILES string of the molecule is O=C(CN1C(=O)c2ccccc2C1=O)Nc1ccc2nccn2c1. The average molecular weight is 320 g/mol. The number of nitrogens with one attached hydrogen (secondary N) is 1. The number of carbonyl (C=O) groups is 3. The molecule has 24 heavy (non-hydrogen) atoms. The Morgan fingerprint density at radius 2 is 1.75 bits per heavy atom. The molecule has 1 N–H and O–H groups in total. The number of pyridine rings is 1. The van der Waals surface area contributed by atoms with Gasteiger partial charge in [-0.15, -0.1) is 0 Å². The van der Waals surface area contributed by atoms with Gasteiger partial charge in [-0.1, -0.05) is 12.1 Å². The van der Waals surface area contributed by atoms with Gasteiger partial charge < -0.3 is 9.72 Å². The van der Waals surface area contributed by atoms with E-state index in [1.165, 1.54) is 0 Å². The molecule has 0 saturated heterocycles. The molecule has 0 spiro atoms. The Morgan fingerprint density at radius 3 is 2.46 bits per heavy atom. The van der Waals surface area contributed by atoms with Crippen molar-refractivity contribution in [3.8, 4) is 0 Å². The highest BCUT2D eigenvalue weighted by molar-refractivity contribution is 6.22. The predicted molar refractivity (Wildman–Crippen MR) is 85.6 cm³/mol. The standard InChI is InChI=1S/C17H12N4O3/c22-15(19-11-5-6-14-18-7-8-20(14)9-11)10-21-16(23)12-3-1-2-4-13(12)17(21)24/h1-9H,10H2,(H,19,22). The van der Waals surface area contributed by atoms with Crippen molar-refractivity contribution in [2.45, 2.75) is 0 Å². The number of amides is 3. The first kappa shape index (κ1) is 14.1. The lowest BCUT2D eigenvalue weighted by molar-refractivity contribution is -0.116. The number of imide groups is 1. The van der Waals surface area contributed by atoms with Crippen molar-refractivity contribution in [2.75, 3.05) is 11.9 Å². The monoisotopic (exact) mass is 320 g/mol. The summed E-state index contributed by atoms with van der Waals surface area (Å²) in [6.07, 6.45) is 5.12. The van der Waals surface area contributed by atoms with Crippen molar-refractivity contribution < 1.29 is 14.4 Å². The fourth-order valence-electron chi connectivity index (χ4n) is 2.72. The Kier molecular flexibility index (Phi) is 3.13. The zero-order valence-corrected chi connectivity index (χ0v) is 12.5. The van der Waals surface area contributed by atoms with E-state index in [2.05, 4.69) is 10.3 Å². The molecular weight excluding hydrogens is 308 g/mol. The summed E-state index contributed by atoms with van der Waals surface area (Å²) in [6, 6.07) is 10.0. The zero-order valence-electron chi connectivity index (χ0n) is 12.5. The highest BCUT2D eigenvalue weighted by atomic mass is 16.2. The van der Waals surface area contributed by atoms with Gasteiger partial charge in [0.15, 0.2) is 0 Å². The maximum atomic E-state index is 12.2. The molecule has 3 aromatic rings. The number of hydrogen-bond donors (Lipinski definition) is 1. The molecule has 0 bridgehead atoms. The molecule has 118 valence electrons. The number of carbonyl (C=O) groups excluding carboxylic acids is 3. The van der Waals surface area contributed by atoms with Crippen molar-refractivity contribution in [3.63, 3.8) is 0 Å². The first-order chi connectivity index (χ1) is 11.6. The third-order valence-electron chi connectivity index (χ3n) is 3.85. The van der Waals surface area contributed by atoms with E-state index in [0.29, 0.717) is 16.8 Å². The summed E-state index contributed by atoms with van der Waals surface area (Å²) in [5.41, 5.74) is 1.97. The van der Waals surface area contributed by atoms with Crippen LogP contribution in [0.5, 0.6) is 0 Å². The molecule has 0 fully saturated rings. The van der Waals surface area contributed by atoms with Gasteiger partial charge in [0.2, 0.25) is 5.91 Å². The summed E-state index contributed by atoms with van der Waals surface area (Å²) in [5, 5.41) is 2.68. The van der Waals surface area contributed by atoms with Crippen LogP contribution in [-0.4, -0.2) is 38.6 Å². The molecule has 7 nitrogen and oxygen atoms in total. The van der Waals surface area contributed by atoms with Gasteiger partial charge in [0, 0.05) is 18.6 Å². The molecular formula is C17H12N4O3. The van der Waals surface area contributed by atoms with Crippen LogP contribution in [0.15, 0.2) is 55.0 Å². The molecule has 0 aliphatic carbocycles. The van der Waals surface area contributed by atoms with E-state index >= 15 is 0 Å². The van der Waals surface area contributed by atoms with E-state index in [1.54, 1.807) is 59.4 Å². The molecule has 1 aliphatic heterocycles. The number of fused-ring (bicyclic) bond motifs is 2. The van der Waals surface area contributed by atoms with Crippen LogP contribution >= 0.6 is 0 Å². The van der Waals surface area contributed by atoms with Crippen molar-refractivity contribution in [1.82, 2.24) is 14.3 Å². The molecule has 4 rings (SSSR count). The number of imidazole rings is 1. The minimum Gasteiger partial charge on any atom is -0.323 e. The number of rotatable bonds is 3. The first-order valence-electron chi connectivity index (χ1n) is 7.31. The summed E-state index contributed by atoms with van der Waals surface area (Å²) < 4.78 is 1.76. The highest BCUT2D eigenvalue weighted by Crippen LogP contribution is 2.22. The van der Waals surface area contributed by atoms with Crippen LogP contribution < -0.4 is 5.32 Å².